The van der Waals surface area contributed by atoms with Gasteiger partial charge in [-0.05, 0) is 62.6 Å². The molecule has 1 aromatic carbocycles. The SMILES string of the molecule is Cc1cc(C(O)=C2C(=O)C(=O)N(CCCN3CCOCC3)[C@@H]2c2cccnc2)ccc1OC(C)C. The van der Waals surface area contributed by atoms with E-state index in [1.807, 2.05) is 26.8 Å². The molecule has 2 aliphatic heterocycles. The van der Waals surface area contributed by atoms with Crippen LogP contribution in [-0.2, 0) is 14.3 Å². The normalized spacial score (nSPS) is 20.6. The van der Waals surface area contributed by atoms with Crippen LogP contribution >= 0.6 is 0 Å². The largest absolute Gasteiger partial charge is 0.507 e. The monoisotopic (exact) mass is 479 g/mol. The van der Waals surface area contributed by atoms with Crippen LogP contribution in [0.4, 0.5) is 0 Å². The van der Waals surface area contributed by atoms with Crippen LogP contribution in [0.3, 0.4) is 0 Å². The molecule has 1 N–H and O–H groups in total. The van der Waals surface area contributed by atoms with E-state index in [4.69, 9.17) is 9.47 Å². The Hall–Kier alpha value is -3.23. The summed E-state index contributed by atoms with van der Waals surface area (Å²) < 4.78 is 11.2. The topological polar surface area (TPSA) is 92.2 Å². The third-order valence-corrected chi connectivity index (χ3v) is 6.33. The highest BCUT2D eigenvalue weighted by atomic mass is 16.5. The zero-order chi connectivity index (χ0) is 24.9. The first-order chi connectivity index (χ1) is 16.9. The number of rotatable bonds is 8. The van der Waals surface area contributed by atoms with Crippen molar-refractivity contribution in [3.63, 3.8) is 0 Å². The second-order valence-electron chi connectivity index (χ2n) is 9.23. The number of pyridine rings is 1. The summed E-state index contributed by atoms with van der Waals surface area (Å²) in [6.45, 7) is 10.1. The minimum absolute atomic E-state index is 0.0153. The molecule has 186 valence electrons. The Bertz CT molecular complexity index is 1090. The molecule has 2 fully saturated rings. The molecule has 2 saturated heterocycles. The number of amides is 1. The molecule has 4 rings (SSSR count). The Balaban J connectivity index is 1.65. The first kappa shape index (κ1) is 24.9. The van der Waals surface area contributed by atoms with E-state index in [0.717, 1.165) is 25.2 Å². The van der Waals surface area contributed by atoms with Gasteiger partial charge in [-0.3, -0.25) is 19.5 Å². The van der Waals surface area contributed by atoms with Crippen molar-refractivity contribution in [2.45, 2.75) is 39.3 Å². The smallest absolute Gasteiger partial charge is 0.295 e. The molecule has 1 aromatic heterocycles. The predicted molar refractivity (Wildman–Crippen MR) is 132 cm³/mol. The number of nitrogens with zero attached hydrogens (tertiary/aromatic N) is 3. The van der Waals surface area contributed by atoms with E-state index < -0.39 is 17.7 Å². The summed E-state index contributed by atoms with van der Waals surface area (Å²) >= 11 is 0. The highest BCUT2D eigenvalue weighted by Crippen LogP contribution is 2.39. The Morgan fingerprint density at radius 2 is 1.97 bits per heavy atom. The third kappa shape index (κ3) is 5.55. The molecular formula is C27H33N3O5. The summed E-state index contributed by atoms with van der Waals surface area (Å²) in [6.07, 6.45) is 4.01. The van der Waals surface area contributed by atoms with Gasteiger partial charge in [0, 0.05) is 44.1 Å². The van der Waals surface area contributed by atoms with Crippen LogP contribution in [0.5, 0.6) is 5.75 Å². The second-order valence-corrected chi connectivity index (χ2v) is 9.23. The number of carbonyl (C=O) groups is 2. The molecule has 8 nitrogen and oxygen atoms in total. The number of aliphatic hydroxyl groups is 1. The highest BCUT2D eigenvalue weighted by molar-refractivity contribution is 6.46. The van der Waals surface area contributed by atoms with Crippen LogP contribution in [-0.4, -0.2) is 77.1 Å². The van der Waals surface area contributed by atoms with Crippen molar-refractivity contribution >= 4 is 17.4 Å². The Labute approximate surface area is 206 Å². The zero-order valence-corrected chi connectivity index (χ0v) is 20.6. The van der Waals surface area contributed by atoms with Crippen molar-refractivity contribution < 1.29 is 24.2 Å². The van der Waals surface area contributed by atoms with Crippen molar-refractivity contribution in [1.29, 1.82) is 0 Å². The van der Waals surface area contributed by atoms with Crippen LogP contribution < -0.4 is 4.74 Å². The summed E-state index contributed by atoms with van der Waals surface area (Å²) in [5.41, 5.74) is 2.08. The molecule has 2 aromatic rings. The van der Waals surface area contributed by atoms with Gasteiger partial charge in [0.2, 0.25) is 0 Å². The lowest BCUT2D eigenvalue weighted by atomic mass is 9.95. The van der Waals surface area contributed by atoms with Gasteiger partial charge >= 0.3 is 0 Å². The molecular weight excluding hydrogens is 446 g/mol. The molecule has 3 heterocycles. The zero-order valence-electron chi connectivity index (χ0n) is 20.6. The molecule has 1 amide bonds. The Kier molecular flexibility index (Phi) is 7.83. The van der Waals surface area contributed by atoms with Crippen molar-refractivity contribution in [2.75, 3.05) is 39.4 Å². The fourth-order valence-corrected chi connectivity index (χ4v) is 4.62. The van der Waals surface area contributed by atoms with Gasteiger partial charge in [-0.25, -0.2) is 0 Å². The third-order valence-electron chi connectivity index (χ3n) is 6.33. The van der Waals surface area contributed by atoms with Crippen molar-refractivity contribution in [3.05, 3.63) is 65.0 Å². The number of aromatic nitrogens is 1. The van der Waals surface area contributed by atoms with E-state index in [0.29, 0.717) is 43.1 Å². The van der Waals surface area contributed by atoms with Gasteiger partial charge in [0.1, 0.15) is 11.5 Å². The van der Waals surface area contributed by atoms with Gasteiger partial charge in [-0.2, -0.15) is 0 Å². The van der Waals surface area contributed by atoms with E-state index in [-0.39, 0.29) is 17.4 Å². The molecule has 0 spiro atoms. The number of Topliss-reactive ketones (excluding diaryl/α,β-unsaturated/α-hetero) is 1. The predicted octanol–water partition coefficient (Wildman–Crippen LogP) is 3.32. The Morgan fingerprint density at radius 1 is 1.20 bits per heavy atom. The number of morpholine rings is 1. The standard InChI is InChI=1S/C27H33N3O5/c1-18(2)35-22-8-7-20(16-19(22)3)25(31)23-24(21-6-4-9-28-17-21)30(27(33)26(23)32)11-5-10-29-12-14-34-15-13-29/h4,6-9,16-18,24,31H,5,10-15H2,1-3H3/t24-/m1/s1. The van der Waals surface area contributed by atoms with Crippen LogP contribution in [0, 0.1) is 6.92 Å². The number of benzene rings is 1. The van der Waals surface area contributed by atoms with Crippen molar-refractivity contribution in [2.24, 2.45) is 0 Å². The molecule has 0 saturated carbocycles. The Morgan fingerprint density at radius 3 is 2.63 bits per heavy atom. The summed E-state index contributed by atoms with van der Waals surface area (Å²) in [4.78, 5) is 34.4. The number of carbonyl (C=O) groups excluding carboxylic acids is 2. The number of ether oxygens (including phenoxy) is 2. The summed E-state index contributed by atoms with van der Waals surface area (Å²) in [6, 6.07) is 8.18. The summed E-state index contributed by atoms with van der Waals surface area (Å²) in [5.74, 6) is -0.752. The molecule has 0 unspecified atom stereocenters. The van der Waals surface area contributed by atoms with E-state index >= 15 is 0 Å². The fourth-order valence-electron chi connectivity index (χ4n) is 4.62. The average Bonchev–Trinajstić information content (AvgIpc) is 3.11. The van der Waals surface area contributed by atoms with E-state index in [9.17, 15) is 14.7 Å². The molecule has 1 atom stereocenters. The van der Waals surface area contributed by atoms with E-state index in [1.54, 1.807) is 41.6 Å². The number of aliphatic hydroxyl groups excluding tert-OH is 1. The number of aryl methyl sites for hydroxylation is 1. The molecule has 0 bridgehead atoms. The van der Waals surface area contributed by atoms with Crippen LogP contribution in [0.15, 0.2) is 48.3 Å². The maximum Gasteiger partial charge on any atom is 0.295 e. The van der Waals surface area contributed by atoms with Gasteiger partial charge in [-0.1, -0.05) is 6.07 Å². The summed E-state index contributed by atoms with van der Waals surface area (Å²) in [7, 11) is 0. The molecule has 8 heteroatoms. The lowest BCUT2D eigenvalue weighted by molar-refractivity contribution is -0.140. The summed E-state index contributed by atoms with van der Waals surface area (Å²) in [5, 5.41) is 11.3. The number of ketones is 1. The van der Waals surface area contributed by atoms with Crippen LogP contribution in [0.1, 0.15) is 43.0 Å². The maximum atomic E-state index is 13.2. The lowest BCUT2D eigenvalue weighted by Gasteiger charge is -2.29. The number of hydrogen-bond donors (Lipinski definition) is 1. The van der Waals surface area contributed by atoms with Crippen LogP contribution in [0.25, 0.3) is 5.76 Å². The van der Waals surface area contributed by atoms with Gasteiger partial charge < -0.3 is 19.5 Å². The minimum Gasteiger partial charge on any atom is -0.507 e. The van der Waals surface area contributed by atoms with Gasteiger partial charge in [-0.15, -0.1) is 0 Å². The first-order valence-electron chi connectivity index (χ1n) is 12.1. The van der Waals surface area contributed by atoms with Gasteiger partial charge in [0.05, 0.1) is 30.9 Å². The van der Waals surface area contributed by atoms with Crippen molar-refractivity contribution in [3.8, 4) is 5.75 Å². The second kappa shape index (κ2) is 11.0. The van der Waals surface area contributed by atoms with E-state index in [1.165, 1.54) is 0 Å². The average molecular weight is 480 g/mol. The van der Waals surface area contributed by atoms with Gasteiger partial charge in [0.25, 0.3) is 11.7 Å². The van der Waals surface area contributed by atoms with Crippen LogP contribution in [0.2, 0.25) is 0 Å². The molecule has 0 radical (unpaired) electrons. The molecule has 35 heavy (non-hydrogen) atoms. The first-order valence-corrected chi connectivity index (χ1v) is 12.1. The molecule has 2 aliphatic rings. The fraction of sp³-hybridized carbons (Fsp3) is 0.444. The van der Waals surface area contributed by atoms with Gasteiger partial charge in [0.15, 0.2) is 0 Å². The maximum absolute atomic E-state index is 13.2. The lowest BCUT2D eigenvalue weighted by Crippen LogP contribution is -2.39. The minimum atomic E-state index is -0.694. The highest BCUT2D eigenvalue weighted by Gasteiger charge is 2.46. The number of hydrogen-bond acceptors (Lipinski definition) is 7. The quantitative estimate of drug-likeness (QED) is 0.353. The number of likely N-dealkylation sites (tertiary alicyclic amines) is 1. The van der Waals surface area contributed by atoms with Crippen molar-refractivity contribution in [1.82, 2.24) is 14.8 Å². The molecule has 0 aliphatic carbocycles. The van der Waals surface area contributed by atoms with E-state index in [2.05, 4.69) is 9.88 Å².